The summed E-state index contributed by atoms with van der Waals surface area (Å²) in [6, 6.07) is 10.0. The summed E-state index contributed by atoms with van der Waals surface area (Å²) in [5.74, 6) is 0.303. The minimum absolute atomic E-state index is 0.104. The third-order valence-electron chi connectivity index (χ3n) is 4.15. The summed E-state index contributed by atoms with van der Waals surface area (Å²) in [5.41, 5.74) is 0.722. The molecule has 1 fully saturated rings. The maximum Gasteiger partial charge on any atom is 0.292 e. The Kier molecular flexibility index (Phi) is 5.65. The number of rotatable bonds is 5. The normalized spacial score (nSPS) is 14.9. The zero-order valence-corrected chi connectivity index (χ0v) is 14.7. The van der Waals surface area contributed by atoms with E-state index in [4.69, 9.17) is 11.6 Å². The highest BCUT2D eigenvalue weighted by atomic mass is 35.5. The zero-order chi connectivity index (χ0) is 18.5. The lowest BCUT2D eigenvalue weighted by Gasteiger charge is -2.35. The summed E-state index contributed by atoms with van der Waals surface area (Å²) < 4.78 is 0. The maximum absolute atomic E-state index is 12.1. The number of hydrogen-bond donors (Lipinski definition) is 1. The van der Waals surface area contributed by atoms with Gasteiger partial charge in [0.2, 0.25) is 5.91 Å². The van der Waals surface area contributed by atoms with Crippen LogP contribution in [0.1, 0.15) is 0 Å². The van der Waals surface area contributed by atoms with Gasteiger partial charge in [-0.2, -0.15) is 0 Å². The van der Waals surface area contributed by atoms with Crippen LogP contribution in [-0.4, -0.2) is 53.4 Å². The van der Waals surface area contributed by atoms with Crippen molar-refractivity contribution in [1.82, 2.24) is 9.88 Å². The number of halogens is 1. The highest BCUT2D eigenvalue weighted by Crippen LogP contribution is 2.28. The van der Waals surface area contributed by atoms with Crippen LogP contribution in [-0.2, 0) is 4.79 Å². The van der Waals surface area contributed by atoms with Gasteiger partial charge < -0.3 is 10.2 Å². The SMILES string of the molecule is O=C(CN1CCN(c2ccccc2[N+](=O)[O-])CC1)Nc1ccc(Cl)cn1. The van der Waals surface area contributed by atoms with Crippen LogP contribution in [0.15, 0.2) is 42.6 Å². The van der Waals surface area contributed by atoms with Gasteiger partial charge in [0.1, 0.15) is 11.5 Å². The summed E-state index contributed by atoms with van der Waals surface area (Å²) in [7, 11) is 0. The number of benzene rings is 1. The standard InChI is InChI=1S/C17H18ClN5O3/c18-13-5-6-16(19-11-13)20-17(24)12-21-7-9-22(10-8-21)14-3-1-2-4-15(14)23(25)26/h1-6,11H,7-10,12H2,(H,19,20,24). The third-order valence-corrected chi connectivity index (χ3v) is 4.38. The van der Waals surface area contributed by atoms with Crippen molar-refractivity contribution in [3.63, 3.8) is 0 Å². The maximum atomic E-state index is 12.1. The topological polar surface area (TPSA) is 91.6 Å². The molecule has 26 heavy (non-hydrogen) atoms. The van der Waals surface area contributed by atoms with E-state index in [2.05, 4.69) is 10.3 Å². The molecule has 0 spiro atoms. The number of hydrogen-bond acceptors (Lipinski definition) is 6. The van der Waals surface area contributed by atoms with E-state index in [1.54, 1.807) is 30.3 Å². The number of nitrogens with zero attached hydrogens (tertiary/aromatic N) is 4. The molecule has 1 saturated heterocycles. The fourth-order valence-electron chi connectivity index (χ4n) is 2.87. The van der Waals surface area contributed by atoms with Gasteiger partial charge in [0.05, 0.1) is 16.5 Å². The van der Waals surface area contributed by atoms with Crippen LogP contribution in [0.3, 0.4) is 0 Å². The molecule has 1 aliphatic rings. The van der Waals surface area contributed by atoms with Crippen molar-refractivity contribution < 1.29 is 9.72 Å². The first-order valence-corrected chi connectivity index (χ1v) is 8.53. The third kappa shape index (κ3) is 4.47. The molecule has 0 radical (unpaired) electrons. The Morgan fingerprint density at radius 2 is 1.92 bits per heavy atom. The molecule has 2 aromatic rings. The molecule has 1 amide bonds. The van der Waals surface area contributed by atoms with Gasteiger partial charge in [-0.25, -0.2) is 4.98 Å². The number of amides is 1. The van der Waals surface area contributed by atoms with Crippen LogP contribution >= 0.6 is 11.6 Å². The van der Waals surface area contributed by atoms with Gasteiger partial charge in [-0.05, 0) is 18.2 Å². The van der Waals surface area contributed by atoms with E-state index in [-0.39, 0.29) is 23.1 Å². The number of para-hydroxylation sites is 2. The van der Waals surface area contributed by atoms with Gasteiger partial charge in [0, 0.05) is 38.4 Å². The zero-order valence-electron chi connectivity index (χ0n) is 14.0. The van der Waals surface area contributed by atoms with Gasteiger partial charge in [0.25, 0.3) is 5.69 Å². The average Bonchev–Trinajstić information content (AvgIpc) is 2.64. The van der Waals surface area contributed by atoms with Crippen molar-refractivity contribution >= 4 is 34.7 Å². The second kappa shape index (κ2) is 8.11. The molecule has 1 aliphatic heterocycles. The van der Waals surface area contributed by atoms with Crippen LogP contribution in [0.25, 0.3) is 0 Å². The summed E-state index contributed by atoms with van der Waals surface area (Å²) in [6.45, 7) is 2.78. The predicted octanol–water partition coefficient (Wildman–Crippen LogP) is 2.40. The van der Waals surface area contributed by atoms with Gasteiger partial charge in [-0.3, -0.25) is 19.8 Å². The highest BCUT2D eigenvalue weighted by Gasteiger charge is 2.24. The van der Waals surface area contributed by atoms with E-state index in [0.717, 1.165) is 0 Å². The molecule has 9 heteroatoms. The van der Waals surface area contributed by atoms with Gasteiger partial charge in [-0.15, -0.1) is 0 Å². The fraction of sp³-hybridized carbons (Fsp3) is 0.294. The molecule has 0 unspecified atom stereocenters. The number of pyridine rings is 1. The molecule has 0 bridgehead atoms. The number of carbonyl (C=O) groups is 1. The lowest BCUT2D eigenvalue weighted by atomic mass is 10.2. The Balaban J connectivity index is 1.53. The van der Waals surface area contributed by atoms with Gasteiger partial charge in [-0.1, -0.05) is 23.7 Å². The Morgan fingerprint density at radius 1 is 1.19 bits per heavy atom. The summed E-state index contributed by atoms with van der Waals surface area (Å²) >= 11 is 5.77. The van der Waals surface area contributed by atoms with E-state index >= 15 is 0 Å². The van der Waals surface area contributed by atoms with Gasteiger partial charge >= 0.3 is 0 Å². The second-order valence-electron chi connectivity index (χ2n) is 5.92. The van der Waals surface area contributed by atoms with Crippen molar-refractivity contribution in [2.75, 3.05) is 42.9 Å². The molecule has 1 aromatic heterocycles. The number of nitro groups is 1. The quantitative estimate of drug-likeness (QED) is 0.637. The van der Waals surface area contributed by atoms with Crippen LogP contribution in [0.2, 0.25) is 5.02 Å². The number of aromatic nitrogens is 1. The molecule has 0 aliphatic carbocycles. The molecule has 136 valence electrons. The lowest BCUT2D eigenvalue weighted by Crippen LogP contribution is -2.48. The Hall–Kier alpha value is -2.71. The van der Waals surface area contributed by atoms with E-state index < -0.39 is 0 Å². The van der Waals surface area contributed by atoms with E-state index in [9.17, 15) is 14.9 Å². The molecule has 0 atom stereocenters. The Morgan fingerprint density at radius 3 is 2.58 bits per heavy atom. The average molecular weight is 376 g/mol. The van der Waals surface area contributed by atoms with Crippen molar-refractivity contribution in [3.05, 3.63) is 57.7 Å². The largest absolute Gasteiger partial charge is 0.363 e. The Bertz CT molecular complexity index is 791. The van der Waals surface area contributed by atoms with Gasteiger partial charge in [0.15, 0.2) is 0 Å². The van der Waals surface area contributed by atoms with Crippen LogP contribution in [0.4, 0.5) is 17.2 Å². The minimum Gasteiger partial charge on any atom is -0.363 e. The van der Waals surface area contributed by atoms with Crippen molar-refractivity contribution in [2.24, 2.45) is 0 Å². The number of carbonyl (C=O) groups excluding carboxylic acids is 1. The first-order chi connectivity index (χ1) is 12.5. The predicted molar refractivity (Wildman–Crippen MR) is 99.6 cm³/mol. The minimum atomic E-state index is -0.367. The fourth-order valence-corrected chi connectivity index (χ4v) is 2.98. The molecule has 3 rings (SSSR count). The summed E-state index contributed by atoms with van der Waals surface area (Å²) in [5, 5.41) is 14.4. The molecule has 2 heterocycles. The molecular weight excluding hydrogens is 358 g/mol. The number of piperazine rings is 1. The second-order valence-corrected chi connectivity index (χ2v) is 6.36. The van der Waals surface area contributed by atoms with E-state index in [0.29, 0.717) is 42.7 Å². The smallest absolute Gasteiger partial charge is 0.292 e. The molecule has 8 nitrogen and oxygen atoms in total. The molecular formula is C17H18ClN5O3. The molecule has 0 saturated carbocycles. The Labute approximate surface area is 155 Å². The first-order valence-electron chi connectivity index (χ1n) is 8.15. The van der Waals surface area contributed by atoms with Crippen molar-refractivity contribution in [3.8, 4) is 0 Å². The van der Waals surface area contributed by atoms with E-state index in [1.807, 2.05) is 9.80 Å². The van der Waals surface area contributed by atoms with Crippen LogP contribution in [0, 0.1) is 10.1 Å². The van der Waals surface area contributed by atoms with Crippen LogP contribution in [0.5, 0.6) is 0 Å². The first kappa shape index (κ1) is 18.1. The molecule has 1 N–H and O–H groups in total. The number of nitro benzene ring substituents is 1. The van der Waals surface area contributed by atoms with Crippen molar-refractivity contribution in [2.45, 2.75) is 0 Å². The van der Waals surface area contributed by atoms with E-state index in [1.165, 1.54) is 12.3 Å². The van der Waals surface area contributed by atoms with Crippen LogP contribution < -0.4 is 10.2 Å². The highest BCUT2D eigenvalue weighted by molar-refractivity contribution is 6.30. The van der Waals surface area contributed by atoms with Crippen molar-refractivity contribution in [1.29, 1.82) is 0 Å². The summed E-state index contributed by atoms with van der Waals surface area (Å²) in [4.78, 5) is 31.0. The summed E-state index contributed by atoms with van der Waals surface area (Å²) in [6.07, 6.45) is 1.47. The number of anilines is 2. The molecule has 1 aromatic carbocycles. The lowest BCUT2D eigenvalue weighted by molar-refractivity contribution is -0.384. The number of nitrogens with one attached hydrogen (secondary N) is 1. The monoisotopic (exact) mass is 375 g/mol.